The molecule has 1 nitrogen and oxygen atoms in total. The van der Waals surface area contributed by atoms with Crippen LogP contribution in [-0.4, -0.2) is 6.54 Å². The first-order valence-electron chi connectivity index (χ1n) is 8.13. The Labute approximate surface area is 129 Å². The van der Waals surface area contributed by atoms with Crippen LogP contribution in [0.3, 0.4) is 0 Å². The van der Waals surface area contributed by atoms with Gasteiger partial charge in [-0.25, -0.2) is 0 Å². The lowest BCUT2D eigenvalue weighted by atomic mass is 9.88. The van der Waals surface area contributed by atoms with Crippen LogP contribution in [-0.2, 0) is 6.42 Å². The van der Waals surface area contributed by atoms with Crippen molar-refractivity contribution in [1.29, 1.82) is 0 Å². The third kappa shape index (κ3) is 4.18. The van der Waals surface area contributed by atoms with E-state index in [0.717, 1.165) is 6.54 Å². The molecule has 2 aromatic carbocycles. The van der Waals surface area contributed by atoms with Gasteiger partial charge >= 0.3 is 0 Å². The zero-order chi connectivity index (χ0) is 15.1. The fraction of sp³-hybridized carbons (Fsp3) is 0.400. The highest BCUT2D eigenvalue weighted by atomic mass is 14.9. The third-order valence-electron chi connectivity index (χ3n) is 4.13. The second-order valence-corrected chi connectivity index (χ2v) is 5.73. The highest BCUT2D eigenvalue weighted by molar-refractivity contribution is 5.30. The van der Waals surface area contributed by atoms with E-state index in [0.29, 0.717) is 12.0 Å². The molecule has 2 aromatic rings. The molecule has 0 aliphatic heterocycles. The van der Waals surface area contributed by atoms with E-state index in [1.807, 2.05) is 0 Å². The average molecular weight is 281 g/mol. The third-order valence-corrected chi connectivity index (χ3v) is 4.13. The average Bonchev–Trinajstić information content (AvgIpc) is 2.54. The molecule has 0 fully saturated rings. The van der Waals surface area contributed by atoms with Crippen LogP contribution in [0.4, 0.5) is 0 Å². The van der Waals surface area contributed by atoms with Gasteiger partial charge in [-0.3, -0.25) is 0 Å². The molecule has 0 aliphatic rings. The summed E-state index contributed by atoms with van der Waals surface area (Å²) in [6.45, 7) is 7.70. The first kappa shape index (κ1) is 15.8. The van der Waals surface area contributed by atoms with Crippen LogP contribution >= 0.6 is 0 Å². The molecular weight excluding hydrogens is 254 g/mol. The van der Waals surface area contributed by atoms with Crippen LogP contribution in [0.1, 0.15) is 55.8 Å². The molecule has 2 atom stereocenters. The van der Waals surface area contributed by atoms with Crippen molar-refractivity contribution in [3.8, 4) is 0 Å². The number of nitrogens with one attached hydrogen (secondary N) is 1. The summed E-state index contributed by atoms with van der Waals surface area (Å²) in [5.41, 5.74) is 4.21. The number of hydrogen-bond donors (Lipinski definition) is 1. The number of hydrogen-bond acceptors (Lipinski definition) is 1. The van der Waals surface area contributed by atoms with E-state index >= 15 is 0 Å². The maximum Gasteiger partial charge on any atom is 0.0386 e. The van der Waals surface area contributed by atoms with Crippen LogP contribution in [0, 0.1) is 0 Å². The van der Waals surface area contributed by atoms with Gasteiger partial charge < -0.3 is 5.32 Å². The Morgan fingerprint density at radius 3 is 2.10 bits per heavy atom. The molecule has 0 spiro atoms. The normalized spacial score (nSPS) is 13.9. The molecule has 0 amide bonds. The Kier molecular flexibility index (Phi) is 6.01. The van der Waals surface area contributed by atoms with E-state index in [4.69, 9.17) is 0 Å². The minimum absolute atomic E-state index is 0.369. The van der Waals surface area contributed by atoms with Gasteiger partial charge in [0.15, 0.2) is 0 Å². The van der Waals surface area contributed by atoms with Gasteiger partial charge in [-0.2, -0.15) is 0 Å². The fourth-order valence-electron chi connectivity index (χ4n) is 2.93. The van der Waals surface area contributed by atoms with Crippen molar-refractivity contribution in [2.45, 2.75) is 45.6 Å². The quantitative estimate of drug-likeness (QED) is 0.745. The van der Waals surface area contributed by atoms with Gasteiger partial charge in [0.2, 0.25) is 0 Å². The molecule has 0 saturated carbocycles. The van der Waals surface area contributed by atoms with Crippen molar-refractivity contribution in [3.05, 3.63) is 71.3 Å². The van der Waals surface area contributed by atoms with Crippen molar-refractivity contribution in [3.63, 3.8) is 0 Å². The molecule has 0 radical (unpaired) electrons. The molecule has 2 rings (SSSR count). The fourth-order valence-corrected chi connectivity index (χ4v) is 2.93. The highest BCUT2D eigenvalue weighted by Crippen LogP contribution is 2.30. The summed E-state index contributed by atoms with van der Waals surface area (Å²) in [4.78, 5) is 0. The molecule has 112 valence electrons. The molecule has 0 heterocycles. The predicted molar refractivity (Wildman–Crippen MR) is 91.7 cm³/mol. The number of aryl methyl sites for hydroxylation is 1. The molecule has 0 aliphatic carbocycles. The minimum atomic E-state index is 0.369. The molecular formula is C20H27N. The summed E-state index contributed by atoms with van der Waals surface area (Å²) in [6.07, 6.45) is 2.37. The SMILES string of the molecule is CCCc1ccc(C(NCC)C(C)c2ccccc2)cc1. The summed E-state index contributed by atoms with van der Waals surface area (Å²) >= 11 is 0. The van der Waals surface area contributed by atoms with Crippen molar-refractivity contribution in [1.82, 2.24) is 5.32 Å². The zero-order valence-corrected chi connectivity index (χ0v) is 13.5. The first-order valence-corrected chi connectivity index (χ1v) is 8.13. The Balaban J connectivity index is 2.21. The Hall–Kier alpha value is -1.60. The summed E-state index contributed by atoms with van der Waals surface area (Å²) in [6, 6.07) is 20.3. The topological polar surface area (TPSA) is 12.0 Å². The van der Waals surface area contributed by atoms with E-state index in [2.05, 4.69) is 80.7 Å². The van der Waals surface area contributed by atoms with E-state index in [-0.39, 0.29) is 0 Å². The van der Waals surface area contributed by atoms with Crippen molar-refractivity contribution in [2.75, 3.05) is 6.54 Å². The number of benzene rings is 2. The van der Waals surface area contributed by atoms with Gasteiger partial charge in [0.05, 0.1) is 0 Å². The van der Waals surface area contributed by atoms with Crippen LogP contribution in [0.25, 0.3) is 0 Å². The monoisotopic (exact) mass is 281 g/mol. The lowest BCUT2D eigenvalue weighted by Gasteiger charge is -2.26. The largest absolute Gasteiger partial charge is 0.310 e. The second-order valence-electron chi connectivity index (χ2n) is 5.73. The van der Waals surface area contributed by atoms with Gasteiger partial charge in [-0.1, -0.05) is 81.8 Å². The molecule has 0 aromatic heterocycles. The molecule has 1 N–H and O–H groups in total. The summed E-state index contributed by atoms with van der Waals surface area (Å²) in [5, 5.41) is 3.65. The van der Waals surface area contributed by atoms with Crippen molar-refractivity contribution < 1.29 is 0 Å². The van der Waals surface area contributed by atoms with E-state index in [1.165, 1.54) is 29.5 Å². The van der Waals surface area contributed by atoms with E-state index < -0.39 is 0 Å². The highest BCUT2D eigenvalue weighted by Gasteiger charge is 2.19. The molecule has 0 saturated heterocycles. The maximum absolute atomic E-state index is 3.65. The lowest BCUT2D eigenvalue weighted by molar-refractivity contribution is 0.479. The zero-order valence-electron chi connectivity index (χ0n) is 13.5. The van der Waals surface area contributed by atoms with Gasteiger partial charge in [0.25, 0.3) is 0 Å². The van der Waals surface area contributed by atoms with Crippen LogP contribution in [0.5, 0.6) is 0 Å². The molecule has 2 unspecified atom stereocenters. The Morgan fingerprint density at radius 2 is 1.52 bits per heavy atom. The van der Waals surface area contributed by atoms with Crippen molar-refractivity contribution >= 4 is 0 Å². The van der Waals surface area contributed by atoms with Crippen molar-refractivity contribution in [2.24, 2.45) is 0 Å². The standard InChI is InChI=1S/C20H27N/c1-4-9-17-12-14-19(15-13-17)20(21-5-2)16(3)18-10-7-6-8-11-18/h6-8,10-16,20-21H,4-5,9H2,1-3H3. The smallest absolute Gasteiger partial charge is 0.0386 e. The Morgan fingerprint density at radius 1 is 0.857 bits per heavy atom. The van der Waals surface area contributed by atoms with Crippen LogP contribution in [0.2, 0.25) is 0 Å². The molecule has 1 heteroatoms. The second kappa shape index (κ2) is 7.99. The first-order chi connectivity index (χ1) is 10.3. The van der Waals surface area contributed by atoms with Gasteiger partial charge in [-0.05, 0) is 29.7 Å². The van der Waals surface area contributed by atoms with Gasteiger partial charge in [0.1, 0.15) is 0 Å². The summed E-state index contributed by atoms with van der Waals surface area (Å²) in [5.74, 6) is 0.461. The number of rotatable bonds is 7. The maximum atomic E-state index is 3.65. The summed E-state index contributed by atoms with van der Waals surface area (Å²) < 4.78 is 0. The summed E-state index contributed by atoms with van der Waals surface area (Å²) in [7, 11) is 0. The minimum Gasteiger partial charge on any atom is -0.310 e. The van der Waals surface area contributed by atoms with Crippen LogP contribution in [0.15, 0.2) is 54.6 Å². The lowest BCUT2D eigenvalue weighted by Crippen LogP contribution is -2.25. The van der Waals surface area contributed by atoms with E-state index in [9.17, 15) is 0 Å². The number of likely N-dealkylation sites (N-methyl/N-ethyl adjacent to an activating group) is 1. The van der Waals surface area contributed by atoms with Gasteiger partial charge in [-0.15, -0.1) is 0 Å². The predicted octanol–water partition coefficient (Wildman–Crippen LogP) is 5.09. The Bertz CT molecular complexity index is 515. The van der Waals surface area contributed by atoms with Gasteiger partial charge in [0, 0.05) is 12.0 Å². The molecule has 0 bridgehead atoms. The van der Waals surface area contributed by atoms with Crippen LogP contribution < -0.4 is 5.32 Å². The molecule has 21 heavy (non-hydrogen) atoms. The van der Waals surface area contributed by atoms with E-state index in [1.54, 1.807) is 0 Å².